The van der Waals surface area contributed by atoms with E-state index in [9.17, 15) is 14.0 Å². The van der Waals surface area contributed by atoms with E-state index >= 15 is 0 Å². The maximum atomic E-state index is 13.7. The van der Waals surface area contributed by atoms with E-state index < -0.39 is 11.9 Å². The Kier molecular flexibility index (Phi) is 5.65. The Hall–Kier alpha value is -2.29. The smallest absolute Gasteiger partial charge is 0.242 e. The molecule has 1 heterocycles. The van der Waals surface area contributed by atoms with E-state index in [0.29, 0.717) is 12.1 Å². The number of benzene rings is 2. The second-order valence-corrected chi connectivity index (χ2v) is 6.96. The molecule has 0 bridgehead atoms. The summed E-state index contributed by atoms with van der Waals surface area (Å²) in [6.07, 6.45) is 0.577. The maximum absolute atomic E-state index is 13.7. The highest BCUT2D eigenvalue weighted by atomic mass is 79.9. The van der Waals surface area contributed by atoms with E-state index in [-0.39, 0.29) is 23.5 Å². The van der Waals surface area contributed by atoms with Crippen molar-refractivity contribution in [2.75, 3.05) is 10.6 Å². The Morgan fingerprint density at radius 2 is 1.85 bits per heavy atom. The first-order valence-corrected chi connectivity index (χ1v) is 8.86. The molecule has 2 aromatic carbocycles. The summed E-state index contributed by atoms with van der Waals surface area (Å²) in [6.45, 7) is 1.29. The number of hydrogen-bond acceptors (Lipinski definition) is 4. The molecule has 1 aliphatic heterocycles. The fourth-order valence-corrected chi connectivity index (χ4v) is 3.02. The van der Waals surface area contributed by atoms with Gasteiger partial charge in [0.05, 0.1) is 5.69 Å². The monoisotopic (exact) mass is 420 g/mol. The largest absolute Gasteiger partial charge is 0.325 e. The Morgan fingerprint density at radius 3 is 2.54 bits per heavy atom. The van der Waals surface area contributed by atoms with Crippen LogP contribution in [-0.4, -0.2) is 17.9 Å². The third-order valence-corrected chi connectivity index (χ3v) is 4.57. The van der Waals surface area contributed by atoms with Crippen LogP contribution in [0.5, 0.6) is 0 Å². The van der Waals surface area contributed by atoms with Crippen LogP contribution >= 0.6 is 15.9 Å². The van der Waals surface area contributed by atoms with Crippen LogP contribution in [0.3, 0.4) is 0 Å². The molecule has 4 N–H and O–H groups in total. The summed E-state index contributed by atoms with van der Waals surface area (Å²) in [4.78, 5) is 23.6. The third-order valence-electron chi connectivity index (χ3n) is 4.04. The predicted octanol–water partition coefficient (Wildman–Crippen LogP) is 3.09. The molecule has 1 fully saturated rings. The van der Waals surface area contributed by atoms with Crippen LogP contribution in [-0.2, 0) is 9.59 Å². The summed E-state index contributed by atoms with van der Waals surface area (Å²) in [5.41, 5.74) is 7.61. The number of carbonyl (C=O) groups is 2. The molecule has 26 heavy (non-hydrogen) atoms. The topological polar surface area (TPSA) is 82.3 Å². The van der Waals surface area contributed by atoms with Crippen molar-refractivity contribution in [3.8, 4) is 0 Å². The van der Waals surface area contributed by atoms with Crippen molar-refractivity contribution in [3.63, 3.8) is 0 Å². The fourth-order valence-electron chi connectivity index (χ4n) is 2.76. The summed E-state index contributed by atoms with van der Waals surface area (Å²) < 4.78 is 14.7. The highest BCUT2D eigenvalue weighted by molar-refractivity contribution is 9.10. The minimum Gasteiger partial charge on any atom is -0.325 e. The molecule has 3 rings (SSSR count). The molecule has 1 aliphatic rings. The number of amides is 2. The van der Waals surface area contributed by atoms with Gasteiger partial charge < -0.3 is 10.6 Å². The summed E-state index contributed by atoms with van der Waals surface area (Å²) in [5, 5.41) is 5.13. The van der Waals surface area contributed by atoms with E-state index in [2.05, 4.69) is 37.4 Å². The van der Waals surface area contributed by atoms with Gasteiger partial charge in [-0.25, -0.2) is 15.2 Å². The number of rotatable bonds is 4. The standard InChI is InChI=1S/C18H18BrFN4O2/c1-10(25)21-16-8-13(6-7-14(16)20)22-18(26)17-9-15(23-24-17)11-2-4-12(19)5-3-11/h2-8,15,17,23-24H,9H2,1H3,(H,21,25)(H,22,26). The van der Waals surface area contributed by atoms with E-state index in [1.165, 1.54) is 25.1 Å². The number of carbonyl (C=O) groups excluding carboxylic acids is 2. The van der Waals surface area contributed by atoms with Gasteiger partial charge in [-0.05, 0) is 42.3 Å². The molecule has 2 unspecified atom stereocenters. The van der Waals surface area contributed by atoms with Crippen LogP contribution in [0.1, 0.15) is 24.9 Å². The van der Waals surface area contributed by atoms with Gasteiger partial charge in [-0.1, -0.05) is 28.1 Å². The highest BCUT2D eigenvalue weighted by Gasteiger charge is 2.30. The van der Waals surface area contributed by atoms with Gasteiger partial charge in [-0.15, -0.1) is 0 Å². The molecule has 136 valence electrons. The lowest BCUT2D eigenvalue weighted by Gasteiger charge is -2.12. The van der Waals surface area contributed by atoms with Crippen molar-refractivity contribution in [3.05, 3.63) is 58.3 Å². The third kappa shape index (κ3) is 4.46. The molecular weight excluding hydrogens is 403 g/mol. The van der Waals surface area contributed by atoms with Gasteiger partial charge in [-0.2, -0.15) is 0 Å². The highest BCUT2D eigenvalue weighted by Crippen LogP contribution is 2.25. The molecule has 0 aromatic heterocycles. The van der Waals surface area contributed by atoms with Gasteiger partial charge in [0.1, 0.15) is 11.9 Å². The van der Waals surface area contributed by atoms with Crippen LogP contribution < -0.4 is 21.5 Å². The minimum atomic E-state index is -0.561. The number of halogens is 2. The first-order valence-electron chi connectivity index (χ1n) is 8.07. The number of anilines is 2. The van der Waals surface area contributed by atoms with E-state index in [4.69, 9.17) is 0 Å². The first kappa shape index (κ1) is 18.5. The first-order chi connectivity index (χ1) is 12.4. The van der Waals surface area contributed by atoms with Crippen molar-refractivity contribution in [2.24, 2.45) is 0 Å². The van der Waals surface area contributed by atoms with Crippen molar-refractivity contribution >= 4 is 39.1 Å². The normalized spacial score (nSPS) is 19.2. The lowest BCUT2D eigenvalue weighted by molar-refractivity contribution is -0.118. The molecule has 1 saturated heterocycles. The van der Waals surface area contributed by atoms with Crippen molar-refractivity contribution in [1.82, 2.24) is 10.9 Å². The van der Waals surface area contributed by atoms with E-state index in [0.717, 1.165) is 10.0 Å². The van der Waals surface area contributed by atoms with E-state index in [1.807, 2.05) is 24.3 Å². The number of hydrazine groups is 1. The Balaban J connectivity index is 1.64. The van der Waals surface area contributed by atoms with Crippen LogP contribution in [0.4, 0.5) is 15.8 Å². The number of nitrogens with one attached hydrogen (secondary N) is 4. The lowest BCUT2D eigenvalue weighted by atomic mass is 10.0. The zero-order valence-corrected chi connectivity index (χ0v) is 15.6. The van der Waals surface area contributed by atoms with Crippen LogP contribution in [0.15, 0.2) is 46.9 Å². The molecule has 6 nitrogen and oxygen atoms in total. The van der Waals surface area contributed by atoms with Crippen LogP contribution in [0.2, 0.25) is 0 Å². The second kappa shape index (κ2) is 7.94. The van der Waals surface area contributed by atoms with Crippen molar-refractivity contribution < 1.29 is 14.0 Å². The van der Waals surface area contributed by atoms with Crippen molar-refractivity contribution in [1.29, 1.82) is 0 Å². The SMILES string of the molecule is CC(=O)Nc1cc(NC(=O)C2CC(c3ccc(Br)cc3)NN2)ccc1F. The minimum absolute atomic E-state index is 0.0157. The molecule has 0 spiro atoms. The Morgan fingerprint density at radius 1 is 1.12 bits per heavy atom. The predicted molar refractivity (Wildman–Crippen MR) is 101 cm³/mol. The average molecular weight is 421 g/mol. The molecule has 0 radical (unpaired) electrons. The quantitative estimate of drug-likeness (QED) is 0.612. The van der Waals surface area contributed by atoms with Gasteiger partial charge in [0.2, 0.25) is 11.8 Å². The van der Waals surface area contributed by atoms with Crippen molar-refractivity contribution in [2.45, 2.75) is 25.4 Å². The summed E-state index contributed by atoms with van der Waals surface area (Å²) in [7, 11) is 0. The molecule has 2 aromatic rings. The van der Waals surface area contributed by atoms with Gasteiger partial charge in [0.15, 0.2) is 0 Å². The summed E-state index contributed by atoms with van der Waals surface area (Å²) in [6, 6.07) is 11.5. The number of hydrogen-bond donors (Lipinski definition) is 4. The molecule has 2 amide bonds. The molecule has 0 aliphatic carbocycles. The second-order valence-electron chi connectivity index (χ2n) is 6.05. The molecule has 2 atom stereocenters. The summed E-state index contributed by atoms with van der Waals surface area (Å²) in [5.74, 6) is -1.18. The lowest BCUT2D eigenvalue weighted by Crippen LogP contribution is -2.39. The Labute approximate surface area is 158 Å². The fraction of sp³-hybridized carbons (Fsp3) is 0.222. The maximum Gasteiger partial charge on any atom is 0.242 e. The van der Waals surface area contributed by atoms with Gasteiger partial charge in [0, 0.05) is 23.1 Å². The zero-order valence-electron chi connectivity index (χ0n) is 14.0. The van der Waals surface area contributed by atoms with Crippen LogP contribution in [0.25, 0.3) is 0 Å². The molecular formula is C18H18BrFN4O2. The molecule has 8 heteroatoms. The average Bonchev–Trinajstić information content (AvgIpc) is 3.08. The summed E-state index contributed by atoms with van der Waals surface area (Å²) >= 11 is 3.40. The molecule has 0 saturated carbocycles. The Bertz CT molecular complexity index is 828. The van der Waals surface area contributed by atoms with Gasteiger partial charge in [0.25, 0.3) is 0 Å². The van der Waals surface area contributed by atoms with Gasteiger partial charge in [-0.3, -0.25) is 9.59 Å². The van der Waals surface area contributed by atoms with E-state index in [1.54, 1.807) is 0 Å². The zero-order chi connectivity index (χ0) is 18.7. The van der Waals surface area contributed by atoms with Gasteiger partial charge >= 0.3 is 0 Å². The van der Waals surface area contributed by atoms with Crippen LogP contribution in [0, 0.1) is 5.82 Å².